The van der Waals surface area contributed by atoms with Crippen molar-refractivity contribution in [3.63, 3.8) is 0 Å². The Morgan fingerprint density at radius 3 is 2.90 bits per heavy atom. The Balaban J connectivity index is 2.11. The van der Waals surface area contributed by atoms with E-state index in [-0.39, 0.29) is 5.97 Å². The molecule has 0 fully saturated rings. The lowest BCUT2D eigenvalue weighted by atomic mass is 10.1. The summed E-state index contributed by atoms with van der Waals surface area (Å²) < 4.78 is 6.93. The molecule has 0 bridgehead atoms. The number of anilines is 1. The van der Waals surface area contributed by atoms with Crippen LogP contribution in [0.15, 0.2) is 36.7 Å². The molecule has 0 spiro atoms. The molecule has 112 valence electrons. The first kappa shape index (κ1) is 15.4. The van der Waals surface area contributed by atoms with Gasteiger partial charge in [-0.15, -0.1) is 0 Å². The van der Waals surface area contributed by atoms with Gasteiger partial charge in [-0.2, -0.15) is 0 Å². The number of nitrogens with zero attached hydrogens (tertiary/aromatic N) is 1. The van der Waals surface area contributed by atoms with Crippen LogP contribution in [0.3, 0.4) is 0 Å². The Hall–Kier alpha value is -1.94. The van der Waals surface area contributed by atoms with E-state index in [1.54, 1.807) is 18.2 Å². The van der Waals surface area contributed by atoms with Crippen LogP contribution in [0.25, 0.3) is 0 Å². The van der Waals surface area contributed by atoms with Crippen LogP contribution in [0.4, 0.5) is 5.69 Å². The maximum Gasteiger partial charge on any atom is 0.339 e. The van der Waals surface area contributed by atoms with Gasteiger partial charge in [-0.25, -0.2) is 4.79 Å². The summed E-state index contributed by atoms with van der Waals surface area (Å²) in [7, 11) is 1.37. The lowest BCUT2D eigenvalue weighted by Crippen LogP contribution is -2.08. The topological polar surface area (TPSA) is 43.3 Å². The highest BCUT2D eigenvalue weighted by Gasteiger charge is 2.12. The van der Waals surface area contributed by atoms with Gasteiger partial charge in [0.05, 0.1) is 18.4 Å². The number of rotatable bonds is 6. The molecule has 5 heteroatoms. The summed E-state index contributed by atoms with van der Waals surface area (Å²) >= 11 is 6.00. The largest absolute Gasteiger partial charge is 0.465 e. The van der Waals surface area contributed by atoms with Crippen molar-refractivity contribution in [3.05, 3.63) is 52.8 Å². The third-order valence-corrected chi connectivity index (χ3v) is 3.40. The summed E-state index contributed by atoms with van der Waals surface area (Å²) in [5.74, 6) is -0.377. The molecule has 2 rings (SSSR count). The summed E-state index contributed by atoms with van der Waals surface area (Å²) in [6.07, 6.45) is 5.25. The van der Waals surface area contributed by atoms with E-state index in [0.29, 0.717) is 22.8 Å². The SMILES string of the molecule is CCCn1ccc(CNc2cc(Cl)ccc2C(=O)OC)c1. The molecule has 0 amide bonds. The van der Waals surface area contributed by atoms with Gasteiger partial charge in [-0.1, -0.05) is 18.5 Å². The molecule has 1 heterocycles. The van der Waals surface area contributed by atoms with Gasteiger partial charge >= 0.3 is 5.97 Å². The normalized spacial score (nSPS) is 10.4. The van der Waals surface area contributed by atoms with E-state index in [1.165, 1.54) is 7.11 Å². The monoisotopic (exact) mass is 306 g/mol. The number of nitrogens with one attached hydrogen (secondary N) is 1. The molecule has 0 radical (unpaired) electrons. The molecular formula is C16H19ClN2O2. The van der Waals surface area contributed by atoms with Crippen molar-refractivity contribution in [2.45, 2.75) is 26.4 Å². The maximum absolute atomic E-state index is 11.7. The number of carbonyl (C=O) groups excluding carboxylic acids is 1. The number of aryl methyl sites for hydroxylation is 1. The Labute approximate surface area is 129 Å². The smallest absolute Gasteiger partial charge is 0.339 e. The van der Waals surface area contributed by atoms with Crippen LogP contribution in [0.1, 0.15) is 29.3 Å². The molecule has 0 saturated heterocycles. The van der Waals surface area contributed by atoms with E-state index in [4.69, 9.17) is 16.3 Å². The van der Waals surface area contributed by atoms with Crippen LogP contribution in [-0.2, 0) is 17.8 Å². The van der Waals surface area contributed by atoms with Crippen molar-refractivity contribution in [1.82, 2.24) is 4.57 Å². The summed E-state index contributed by atoms with van der Waals surface area (Å²) in [6.45, 7) is 3.78. The van der Waals surface area contributed by atoms with Crippen LogP contribution in [-0.4, -0.2) is 17.6 Å². The van der Waals surface area contributed by atoms with E-state index in [0.717, 1.165) is 18.5 Å². The highest BCUT2D eigenvalue weighted by atomic mass is 35.5. The molecule has 1 N–H and O–H groups in total. The van der Waals surface area contributed by atoms with Crippen molar-refractivity contribution >= 4 is 23.3 Å². The van der Waals surface area contributed by atoms with Gasteiger partial charge in [-0.05, 0) is 36.2 Å². The molecule has 0 aliphatic heterocycles. The van der Waals surface area contributed by atoms with E-state index in [2.05, 4.69) is 35.3 Å². The predicted molar refractivity (Wildman–Crippen MR) is 84.8 cm³/mol. The second-order valence-electron chi connectivity index (χ2n) is 4.79. The minimum absolute atomic E-state index is 0.377. The van der Waals surface area contributed by atoms with Gasteiger partial charge in [-0.3, -0.25) is 0 Å². The first-order valence-electron chi connectivity index (χ1n) is 6.90. The Morgan fingerprint density at radius 2 is 2.19 bits per heavy atom. The summed E-state index contributed by atoms with van der Waals surface area (Å²) in [5.41, 5.74) is 2.31. The van der Waals surface area contributed by atoms with Crippen LogP contribution in [0, 0.1) is 0 Å². The molecule has 1 aromatic heterocycles. The van der Waals surface area contributed by atoms with Gasteiger partial charge in [0.1, 0.15) is 0 Å². The zero-order valence-electron chi connectivity index (χ0n) is 12.2. The van der Waals surface area contributed by atoms with Crippen molar-refractivity contribution in [2.75, 3.05) is 12.4 Å². The number of methoxy groups -OCH3 is 1. The molecule has 2 aromatic rings. The Morgan fingerprint density at radius 1 is 1.38 bits per heavy atom. The number of hydrogen-bond donors (Lipinski definition) is 1. The second kappa shape index (κ2) is 7.18. The van der Waals surface area contributed by atoms with E-state index in [9.17, 15) is 4.79 Å². The molecule has 0 unspecified atom stereocenters. The fraction of sp³-hybridized carbons (Fsp3) is 0.312. The maximum atomic E-state index is 11.7. The standard InChI is InChI=1S/C16H19ClN2O2/c1-3-7-19-8-6-12(11-19)10-18-15-9-13(17)4-5-14(15)16(20)21-2/h4-6,8-9,11,18H,3,7,10H2,1-2H3. The number of benzene rings is 1. The molecule has 0 aliphatic rings. The quantitative estimate of drug-likeness (QED) is 0.822. The van der Waals surface area contributed by atoms with E-state index < -0.39 is 0 Å². The van der Waals surface area contributed by atoms with E-state index >= 15 is 0 Å². The van der Waals surface area contributed by atoms with Gasteiger partial charge in [0, 0.05) is 30.5 Å². The number of ether oxygens (including phenoxy) is 1. The highest BCUT2D eigenvalue weighted by Crippen LogP contribution is 2.22. The van der Waals surface area contributed by atoms with Gasteiger partial charge in [0.25, 0.3) is 0 Å². The Kier molecular flexibility index (Phi) is 5.28. The summed E-state index contributed by atoms with van der Waals surface area (Å²) in [6, 6.07) is 7.14. The number of esters is 1. The molecule has 1 aromatic carbocycles. The van der Waals surface area contributed by atoms with Crippen LogP contribution < -0.4 is 5.32 Å². The molecule has 0 saturated carbocycles. The summed E-state index contributed by atoms with van der Waals surface area (Å²) in [5, 5.41) is 3.82. The van der Waals surface area contributed by atoms with Gasteiger partial charge in [0.2, 0.25) is 0 Å². The van der Waals surface area contributed by atoms with Crippen molar-refractivity contribution in [2.24, 2.45) is 0 Å². The molecule has 4 nitrogen and oxygen atoms in total. The lowest BCUT2D eigenvalue weighted by molar-refractivity contribution is 0.0602. The zero-order valence-corrected chi connectivity index (χ0v) is 13.0. The molecule has 0 atom stereocenters. The predicted octanol–water partition coefficient (Wildman–Crippen LogP) is 3.95. The molecule has 0 aliphatic carbocycles. The first-order chi connectivity index (χ1) is 10.1. The fourth-order valence-electron chi connectivity index (χ4n) is 2.14. The number of aromatic nitrogens is 1. The van der Waals surface area contributed by atoms with Crippen molar-refractivity contribution < 1.29 is 9.53 Å². The molecule has 21 heavy (non-hydrogen) atoms. The zero-order chi connectivity index (χ0) is 15.2. The van der Waals surface area contributed by atoms with Crippen LogP contribution >= 0.6 is 11.6 Å². The van der Waals surface area contributed by atoms with Gasteiger partial charge in [0.15, 0.2) is 0 Å². The third-order valence-electron chi connectivity index (χ3n) is 3.16. The first-order valence-corrected chi connectivity index (χ1v) is 7.28. The summed E-state index contributed by atoms with van der Waals surface area (Å²) in [4.78, 5) is 11.7. The molecular weight excluding hydrogens is 288 g/mol. The minimum atomic E-state index is -0.377. The van der Waals surface area contributed by atoms with Crippen LogP contribution in [0.2, 0.25) is 5.02 Å². The number of carbonyl (C=O) groups is 1. The van der Waals surface area contributed by atoms with Crippen LogP contribution in [0.5, 0.6) is 0 Å². The number of halogens is 1. The highest BCUT2D eigenvalue weighted by molar-refractivity contribution is 6.31. The fourth-order valence-corrected chi connectivity index (χ4v) is 2.31. The second-order valence-corrected chi connectivity index (χ2v) is 5.23. The Bertz CT molecular complexity index is 622. The average Bonchev–Trinajstić information content (AvgIpc) is 2.92. The van der Waals surface area contributed by atoms with Crippen molar-refractivity contribution in [3.8, 4) is 0 Å². The minimum Gasteiger partial charge on any atom is -0.465 e. The van der Waals surface area contributed by atoms with Gasteiger partial charge < -0.3 is 14.6 Å². The number of hydrogen-bond acceptors (Lipinski definition) is 3. The third kappa shape index (κ3) is 4.02. The lowest BCUT2D eigenvalue weighted by Gasteiger charge is -2.10. The van der Waals surface area contributed by atoms with Crippen molar-refractivity contribution in [1.29, 1.82) is 0 Å². The van der Waals surface area contributed by atoms with E-state index in [1.807, 2.05) is 0 Å². The average molecular weight is 307 g/mol.